The van der Waals surface area contributed by atoms with Gasteiger partial charge < -0.3 is 33.3 Å². The standard InChI is InChI=1S/C24H25F2N3O4S.C21H21F5N2O4S2.C21H24F2N2O4S2/c1-15(23(2,25)26)33-19-8-7-17(34(3,31)32)10-18(19)22(30)29-12-16-11-24(16,14-29)20-13-28-9-5-4-6-21(28)27-20;1-11(19(2,22)23)32-15-5-4-13(34(3,30)31)6-14(15)17(29)28-8-12-7-20(12,10-28)16-9-33-18(27-16)21(24,25)26;1-12(20(3,22)23)29-17-6-5-15(31(4,27)28)7-16(17)19(26)25-9-14-8-21(14,11-25)18-10-30-13(2)24-18/h4-10,13,15-16H,11-12,14H2,1-3H3;4-6,9,11-12H,7-8,10H2,1-3H3;5-7,10,12,14H,8-9,11H2,1-4H3. The van der Waals surface area contributed by atoms with Crippen LogP contribution in [0.1, 0.15) is 119 Å². The molecular formula is C66H70F9N7O12S5. The molecule has 4 aromatic heterocycles. The Labute approximate surface area is 573 Å². The molecule has 3 amide bonds. The number of piperidine rings is 3. The Hall–Kier alpha value is -7.36. The number of aromatic nitrogens is 4. The number of thiazole rings is 2. The summed E-state index contributed by atoms with van der Waals surface area (Å²) < 4.78 is 212. The molecule has 33 heteroatoms. The molecule has 0 N–H and O–H groups in total. The molecule has 7 heterocycles. The summed E-state index contributed by atoms with van der Waals surface area (Å²) in [5.74, 6) is -10.9. The number of hydrogen-bond acceptors (Lipinski definition) is 17. The van der Waals surface area contributed by atoms with Crippen LogP contribution in [0.4, 0.5) is 39.5 Å². The van der Waals surface area contributed by atoms with E-state index in [1.165, 1.54) is 66.6 Å². The Balaban J connectivity index is 0.000000150. The number of amides is 3. The van der Waals surface area contributed by atoms with E-state index in [1.54, 1.807) is 21.1 Å². The van der Waals surface area contributed by atoms with Crippen LogP contribution in [-0.4, -0.2) is 171 Å². The Bertz CT molecular complexity index is 4670. The van der Waals surface area contributed by atoms with Gasteiger partial charge >= 0.3 is 6.18 Å². The Morgan fingerprint density at radius 2 is 0.869 bits per heavy atom. The van der Waals surface area contributed by atoms with Crippen molar-refractivity contribution in [2.24, 2.45) is 17.8 Å². The fourth-order valence-electron chi connectivity index (χ4n) is 12.9. The van der Waals surface area contributed by atoms with Gasteiger partial charge in [-0.2, -0.15) is 13.2 Å². The third-order valence-corrected chi connectivity index (χ3v) is 24.4. The fraction of sp³-hybridized carbons (Fsp3) is 0.485. The van der Waals surface area contributed by atoms with E-state index in [1.807, 2.05) is 47.3 Å². The molecule has 3 aliphatic carbocycles. The minimum atomic E-state index is -4.56. The minimum absolute atomic E-state index is 0.0232. The molecule has 6 aliphatic rings. The van der Waals surface area contributed by atoms with E-state index in [4.69, 9.17) is 19.2 Å². The molecule has 99 heavy (non-hydrogen) atoms. The second-order valence-electron chi connectivity index (χ2n) is 27.0. The molecule has 0 bridgehead atoms. The molecule has 0 spiro atoms. The highest BCUT2D eigenvalue weighted by atomic mass is 32.2. The first-order chi connectivity index (χ1) is 45.7. The van der Waals surface area contributed by atoms with E-state index in [-0.39, 0.29) is 90.1 Å². The summed E-state index contributed by atoms with van der Waals surface area (Å²) in [6, 6.07) is 16.7. The molecule has 9 atom stereocenters. The van der Waals surface area contributed by atoms with Gasteiger partial charge in [0, 0.05) is 118 Å². The molecule has 3 aromatic carbocycles. The number of rotatable bonds is 18. The number of nitrogens with zero attached hydrogens (tertiary/aromatic N) is 7. The van der Waals surface area contributed by atoms with Crippen LogP contribution in [0.3, 0.4) is 0 Å². The van der Waals surface area contributed by atoms with Gasteiger partial charge in [-0.3, -0.25) is 14.4 Å². The monoisotopic (exact) mass is 1480 g/mol. The molecule has 3 saturated heterocycles. The molecule has 3 aliphatic heterocycles. The van der Waals surface area contributed by atoms with Crippen molar-refractivity contribution in [3.8, 4) is 17.2 Å². The van der Waals surface area contributed by atoms with Crippen molar-refractivity contribution in [3.63, 3.8) is 0 Å². The van der Waals surface area contributed by atoms with Crippen LogP contribution in [0.25, 0.3) is 5.65 Å². The summed E-state index contributed by atoms with van der Waals surface area (Å²) in [6.45, 7) is 9.78. The van der Waals surface area contributed by atoms with E-state index < -0.39 is 99.9 Å². The van der Waals surface area contributed by atoms with Crippen molar-refractivity contribution < 1.29 is 93.4 Å². The summed E-state index contributed by atoms with van der Waals surface area (Å²) >= 11 is 2.06. The molecule has 13 rings (SSSR count). The summed E-state index contributed by atoms with van der Waals surface area (Å²) in [5.41, 5.74) is 1.62. The van der Waals surface area contributed by atoms with Gasteiger partial charge in [0.15, 0.2) is 52.8 Å². The molecule has 7 aromatic rings. The zero-order valence-electron chi connectivity index (χ0n) is 55.0. The van der Waals surface area contributed by atoms with Crippen LogP contribution >= 0.6 is 22.7 Å². The lowest BCUT2D eigenvalue weighted by Crippen LogP contribution is -2.35. The highest BCUT2D eigenvalue weighted by Crippen LogP contribution is 2.62. The maximum atomic E-state index is 13.8. The van der Waals surface area contributed by atoms with Crippen molar-refractivity contribution in [1.29, 1.82) is 0 Å². The molecule has 9 unspecified atom stereocenters. The van der Waals surface area contributed by atoms with Crippen LogP contribution < -0.4 is 14.2 Å². The maximum Gasteiger partial charge on any atom is 0.443 e. The minimum Gasteiger partial charge on any atom is -0.484 e. The SMILES string of the molecule is CC(Oc1ccc(S(C)(=O)=O)cc1C(=O)N1CC2CC2(c2cn3ccccc3n2)C1)C(C)(F)F.CC(Oc1ccc(S(C)(=O)=O)cc1C(=O)N1CC2CC2(c2csc(C(F)(F)F)n2)C1)C(C)(F)F.Cc1nc(C23CC2CN(C(=O)c2cc(S(C)(=O)=O)ccc2OC(C)C(C)(F)F)C3)cs1. The number of likely N-dealkylation sites (tertiary alicyclic amines) is 3. The number of hydrogen-bond donors (Lipinski definition) is 0. The van der Waals surface area contributed by atoms with Gasteiger partial charge in [0.05, 0.1) is 53.5 Å². The second-order valence-corrected chi connectivity index (χ2v) is 35.0. The molecule has 19 nitrogen and oxygen atoms in total. The fourth-order valence-corrected chi connectivity index (χ4v) is 16.4. The summed E-state index contributed by atoms with van der Waals surface area (Å²) in [5, 5.41) is 3.37. The van der Waals surface area contributed by atoms with Crippen LogP contribution in [-0.2, 0) is 51.9 Å². The van der Waals surface area contributed by atoms with E-state index in [0.29, 0.717) is 56.8 Å². The van der Waals surface area contributed by atoms with Crippen molar-refractivity contribution in [2.75, 3.05) is 58.0 Å². The third-order valence-electron chi connectivity index (χ3n) is 19.4. The summed E-state index contributed by atoms with van der Waals surface area (Å²) in [4.78, 5) is 57.7. The second kappa shape index (κ2) is 25.3. The van der Waals surface area contributed by atoms with Crippen molar-refractivity contribution in [2.45, 2.75) is 141 Å². The van der Waals surface area contributed by atoms with Crippen molar-refractivity contribution in [1.82, 2.24) is 34.1 Å². The first-order valence-corrected chi connectivity index (χ1v) is 38.6. The quantitative estimate of drug-likeness (QED) is 0.0727. The summed E-state index contributed by atoms with van der Waals surface area (Å²) in [7, 11) is -10.9. The zero-order chi connectivity index (χ0) is 72.5. The number of imidazole rings is 1. The average Bonchev–Trinajstić information content (AvgIpc) is 1.55. The number of benzene rings is 3. The van der Waals surface area contributed by atoms with E-state index >= 15 is 0 Å². The Morgan fingerprint density at radius 1 is 0.515 bits per heavy atom. The van der Waals surface area contributed by atoms with Gasteiger partial charge in [0.25, 0.3) is 35.5 Å². The third kappa shape index (κ3) is 14.9. The average molecular weight is 1480 g/mol. The van der Waals surface area contributed by atoms with Crippen LogP contribution in [0.5, 0.6) is 17.2 Å². The number of ether oxygens (including phenoxy) is 3. The normalized spacial score (nSPS) is 23.5. The summed E-state index contributed by atoms with van der Waals surface area (Å²) in [6.07, 6.45) is 0.191. The highest BCUT2D eigenvalue weighted by Gasteiger charge is 2.65. The smallest absolute Gasteiger partial charge is 0.443 e. The lowest BCUT2D eigenvalue weighted by Gasteiger charge is -2.25. The number of sulfone groups is 3. The number of carbonyl (C=O) groups is 3. The lowest BCUT2D eigenvalue weighted by molar-refractivity contribution is -0.137. The topological polar surface area (TPSA) is 234 Å². The zero-order valence-corrected chi connectivity index (χ0v) is 59.1. The number of pyridine rings is 1. The van der Waals surface area contributed by atoms with Gasteiger partial charge in [-0.1, -0.05) is 6.07 Å². The van der Waals surface area contributed by atoms with Crippen molar-refractivity contribution in [3.05, 3.63) is 140 Å². The van der Waals surface area contributed by atoms with Gasteiger partial charge in [-0.25, -0.2) is 66.5 Å². The van der Waals surface area contributed by atoms with Crippen molar-refractivity contribution >= 4 is 75.6 Å². The first kappa shape index (κ1) is 72.9. The Morgan fingerprint density at radius 3 is 1.18 bits per heavy atom. The van der Waals surface area contributed by atoms with Gasteiger partial charge in [0.1, 0.15) is 22.9 Å². The number of halogens is 9. The highest BCUT2D eigenvalue weighted by molar-refractivity contribution is 7.91. The number of alkyl halides is 9. The number of carbonyl (C=O) groups excluding carboxylic acids is 3. The van der Waals surface area contributed by atoms with Gasteiger partial charge in [-0.05, 0) is 131 Å². The largest absolute Gasteiger partial charge is 0.484 e. The molecule has 534 valence electrons. The molecule has 3 saturated carbocycles. The maximum absolute atomic E-state index is 13.8. The molecule has 6 fully saturated rings. The van der Waals surface area contributed by atoms with Crippen LogP contribution in [0.2, 0.25) is 0 Å². The Kier molecular flexibility index (Phi) is 18.6. The van der Waals surface area contributed by atoms with Gasteiger partial charge in [0.2, 0.25) is 0 Å². The lowest BCUT2D eigenvalue weighted by atomic mass is 10.0. The van der Waals surface area contributed by atoms with Crippen LogP contribution in [0.15, 0.2) is 111 Å². The van der Waals surface area contributed by atoms with E-state index in [9.17, 15) is 79.2 Å². The number of aryl methyl sites for hydroxylation is 1. The predicted octanol–water partition coefficient (Wildman–Crippen LogP) is 11.7. The predicted molar refractivity (Wildman–Crippen MR) is 347 cm³/mol. The molecular weight excluding hydrogens is 1410 g/mol. The van der Waals surface area contributed by atoms with E-state index in [2.05, 4.69) is 9.97 Å². The van der Waals surface area contributed by atoms with E-state index in [0.717, 1.165) is 86.6 Å². The number of fused-ring (bicyclic) bond motifs is 4. The molecule has 0 radical (unpaired) electrons. The van der Waals surface area contributed by atoms with Gasteiger partial charge in [-0.15, -0.1) is 22.7 Å². The van der Waals surface area contributed by atoms with Crippen LogP contribution in [0, 0.1) is 24.7 Å². The first-order valence-electron chi connectivity index (χ1n) is 31.2.